The molecule has 3 aromatic rings. The van der Waals surface area contributed by atoms with Crippen LogP contribution in [0.25, 0.3) is 5.65 Å². The van der Waals surface area contributed by atoms with Crippen molar-refractivity contribution in [3.05, 3.63) is 46.3 Å². The van der Waals surface area contributed by atoms with Gasteiger partial charge in [0.25, 0.3) is 0 Å². The fourth-order valence-electron chi connectivity index (χ4n) is 3.39. The number of hydrogen-bond donors (Lipinski definition) is 1. The summed E-state index contributed by atoms with van der Waals surface area (Å²) < 4.78 is 2.06. The number of pyridine rings is 1. The first-order chi connectivity index (χ1) is 12.2. The first kappa shape index (κ1) is 16.1. The van der Waals surface area contributed by atoms with Crippen molar-refractivity contribution >= 4 is 28.8 Å². The fourth-order valence-corrected chi connectivity index (χ4v) is 4.04. The Morgan fingerprint density at radius 3 is 3.08 bits per heavy atom. The average molecular weight is 355 g/mol. The molecule has 0 spiro atoms. The zero-order chi connectivity index (χ0) is 17.2. The molecule has 1 atom stereocenters. The lowest BCUT2D eigenvalue weighted by atomic mass is 9.97. The predicted molar refractivity (Wildman–Crippen MR) is 98.8 cm³/mol. The summed E-state index contributed by atoms with van der Waals surface area (Å²) in [6.45, 7) is 4.25. The quantitative estimate of drug-likeness (QED) is 0.781. The van der Waals surface area contributed by atoms with E-state index in [-0.39, 0.29) is 11.8 Å². The van der Waals surface area contributed by atoms with Crippen LogP contribution in [0.5, 0.6) is 0 Å². The van der Waals surface area contributed by atoms with Gasteiger partial charge in [-0.1, -0.05) is 12.1 Å². The fraction of sp³-hybridized carbons (Fsp3) is 0.389. The number of fused-ring (bicyclic) bond motifs is 1. The Hall–Kier alpha value is -2.41. The highest BCUT2D eigenvalue weighted by Gasteiger charge is 2.28. The molecule has 130 valence electrons. The molecule has 0 unspecified atom stereocenters. The number of nitrogens with one attached hydrogen (secondary N) is 1. The number of aryl methyl sites for hydroxylation is 1. The number of thiophene rings is 1. The molecular weight excluding hydrogens is 334 g/mol. The Kier molecular flexibility index (Phi) is 4.40. The lowest BCUT2D eigenvalue weighted by Gasteiger charge is -2.32. The van der Waals surface area contributed by atoms with Gasteiger partial charge >= 0.3 is 0 Å². The third-order valence-electron chi connectivity index (χ3n) is 4.70. The normalized spacial score (nSPS) is 17.8. The minimum absolute atomic E-state index is 0.00918. The summed E-state index contributed by atoms with van der Waals surface area (Å²) in [5.74, 6) is 0.956. The van der Waals surface area contributed by atoms with Crippen LogP contribution in [0.1, 0.15) is 23.4 Å². The van der Waals surface area contributed by atoms with Crippen LogP contribution in [0.3, 0.4) is 0 Å². The largest absolute Gasteiger partial charge is 0.351 e. The van der Waals surface area contributed by atoms with Gasteiger partial charge in [-0.05, 0) is 43.3 Å². The van der Waals surface area contributed by atoms with Gasteiger partial charge in [0.15, 0.2) is 5.65 Å². The Balaban J connectivity index is 1.47. The van der Waals surface area contributed by atoms with Gasteiger partial charge in [-0.3, -0.25) is 9.20 Å². The molecule has 7 heteroatoms. The monoisotopic (exact) mass is 355 g/mol. The van der Waals surface area contributed by atoms with Crippen LogP contribution >= 0.6 is 11.3 Å². The van der Waals surface area contributed by atoms with E-state index >= 15 is 0 Å². The van der Waals surface area contributed by atoms with E-state index in [1.807, 2.05) is 29.6 Å². The second-order valence-corrected chi connectivity index (χ2v) is 7.48. The SMILES string of the molecule is Cc1cccc2nnc(N3CCC[C@H](C(=O)NCc4cccs4)C3)n12. The standard InChI is InChI=1S/C18H21N5OS/c1-13-5-2-8-16-20-21-18(23(13)16)22-9-3-6-14(12-22)17(24)19-11-15-7-4-10-25-15/h2,4-5,7-8,10,14H,3,6,9,11-12H2,1H3,(H,19,24)/t14-/m0/s1. The predicted octanol–water partition coefficient (Wildman–Crippen LogP) is 2.63. The van der Waals surface area contributed by atoms with E-state index in [9.17, 15) is 4.79 Å². The second-order valence-electron chi connectivity index (χ2n) is 6.44. The Morgan fingerprint density at radius 2 is 2.24 bits per heavy atom. The molecule has 1 amide bonds. The third-order valence-corrected chi connectivity index (χ3v) is 5.57. The van der Waals surface area contributed by atoms with Crippen molar-refractivity contribution in [2.45, 2.75) is 26.3 Å². The zero-order valence-corrected chi connectivity index (χ0v) is 15.0. The number of carbonyl (C=O) groups excluding carboxylic acids is 1. The lowest BCUT2D eigenvalue weighted by Crippen LogP contribution is -2.43. The molecule has 0 saturated carbocycles. The van der Waals surface area contributed by atoms with Crippen molar-refractivity contribution in [2.75, 3.05) is 18.0 Å². The maximum atomic E-state index is 12.6. The highest BCUT2D eigenvalue weighted by Crippen LogP contribution is 2.23. The van der Waals surface area contributed by atoms with Crippen LogP contribution in [-0.2, 0) is 11.3 Å². The molecule has 25 heavy (non-hydrogen) atoms. The number of rotatable bonds is 4. The number of anilines is 1. The van der Waals surface area contributed by atoms with Crippen LogP contribution in [0.4, 0.5) is 5.95 Å². The molecule has 0 aromatic carbocycles. The maximum absolute atomic E-state index is 12.6. The molecule has 1 fully saturated rings. The maximum Gasteiger partial charge on any atom is 0.231 e. The summed E-state index contributed by atoms with van der Waals surface area (Å²) >= 11 is 1.67. The number of nitrogens with zero attached hydrogens (tertiary/aromatic N) is 4. The summed E-state index contributed by atoms with van der Waals surface area (Å²) in [7, 11) is 0. The number of amides is 1. The summed E-state index contributed by atoms with van der Waals surface area (Å²) in [5, 5.41) is 13.7. The Morgan fingerprint density at radius 1 is 1.32 bits per heavy atom. The van der Waals surface area contributed by atoms with Crippen molar-refractivity contribution < 1.29 is 4.79 Å². The molecule has 0 aliphatic carbocycles. The molecule has 1 aliphatic heterocycles. The van der Waals surface area contributed by atoms with Gasteiger partial charge in [-0.25, -0.2) is 0 Å². The van der Waals surface area contributed by atoms with Crippen LogP contribution in [0.15, 0.2) is 35.7 Å². The molecule has 1 saturated heterocycles. The highest BCUT2D eigenvalue weighted by atomic mass is 32.1. The number of piperidine rings is 1. The first-order valence-corrected chi connectivity index (χ1v) is 9.46. The van der Waals surface area contributed by atoms with Crippen LogP contribution in [0, 0.1) is 12.8 Å². The van der Waals surface area contributed by atoms with E-state index < -0.39 is 0 Å². The smallest absolute Gasteiger partial charge is 0.231 e. The van der Waals surface area contributed by atoms with Crippen molar-refractivity contribution in [3.8, 4) is 0 Å². The molecule has 0 radical (unpaired) electrons. The van der Waals surface area contributed by atoms with Crippen molar-refractivity contribution in [2.24, 2.45) is 5.92 Å². The van der Waals surface area contributed by atoms with E-state index in [0.29, 0.717) is 13.1 Å². The topological polar surface area (TPSA) is 62.5 Å². The first-order valence-electron chi connectivity index (χ1n) is 8.58. The average Bonchev–Trinajstić information content (AvgIpc) is 3.30. The van der Waals surface area contributed by atoms with Gasteiger partial charge in [-0.15, -0.1) is 21.5 Å². The van der Waals surface area contributed by atoms with Gasteiger partial charge in [0.05, 0.1) is 12.5 Å². The summed E-state index contributed by atoms with van der Waals surface area (Å²) in [6, 6.07) is 10.0. The van der Waals surface area contributed by atoms with Gasteiger partial charge in [0.2, 0.25) is 11.9 Å². The van der Waals surface area contributed by atoms with Crippen LogP contribution in [0.2, 0.25) is 0 Å². The van der Waals surface area contributed by atoms with Crippen LogP contribution in [-0.4, -0.2) is 33.6 Å². The summed E-state index contributed by atoms with van der Waals surface area (Å²) in [5.41, 5.74) is 1.95. The van der Waals surface area contributed by atoms with Gasteiger partial charge in [0.1, 0.15) is 0 Å². The molecule has 0 bridgehead atoms. The minimum Gasteiger partial charge on any atom is -0.351 e. The van der Waals surface area contributed by atoms with Gasteiger partial charge < -0.3 is 10.2 Å². The van der Waals surface area contributed by atoms with E-state index in [2.05, 4.69) is 37.8 Å². The van der Waals surface area contributed by atoms with E-state index in [1.165, 1.54) is 4.88 Å². The number of hydrogen-bond acceptors (Lipinski definition) is 5. The minimum atomic E-state index is -0.00918. The zero-order valence-electron chi connectivity index (χ0n) is 14.2. The van der Waals surface area contributed by atoms with Gasteiger partial charge in [0, 0.05) is 23.7 Å². The number of carbonyl (C=O) groups is 1. The molecule has 3 aromatic heterocycles. The summed E-state index contributed by atoms with van der Waals surface area (Å²) in [6.07, 6.45) is 1.90. The molecule has 4 rings (SSSR count). The molecule has 1 aliphatic rings. The Bertz CT molecular complexity index is 873. The lowest BCUT2D eigenvalue weighted by molar-refractivity contribution is -0.125. The van der Waals surface area contributed by atoms with Crippen molar-refractivity contribution in [1.29, 1.82) is 0 Å². The van der Waals surface area contributed by atoms with Crippen molar-refractivity contribution in [3.63, 3.8) is 0 Å². The molecule has 4 heterocycles. The van der Waals surface area contributed by atoms with E-state index in [1.54, 1.807) is 11.3 Å². The highest BCUT2D eigenvalue weighted by molar-refractivity contribution is 7.09. The summed E-state index contributed by atoms with van der Waals surface area (Å²) in [4.78, 5) is 15.9. The number of aromatic nitrogens is 3. The van der Waals surface area contributed by atoms with E-state index in [0.717, 1.165) is 36.7 Å². The molecule has 6 nitrogen and oxygen atoms in total. The molecular formula is C18H21N5OS. The second kappa shape index (κ2) is 6.84. The third kappa shape index (κ3) is 3.24. The van der Waals surface area contributed by atoms with E-state index in [4.69, 9.17) is 0 Å². The van der Waals surface area contributed by atoms with Crippen molar-refractivity contribution in [1.82, 2.24) is 19.9 Å². The Labute approximate surface area is 150 Å². The van der Waals surface area contributed by atoms with Gasteiger partial charge in [-0.2, -0.15) is 0 Å². The van der Waals surface area contributed by atoms with Crippen LogP contribution < -0.4 is 10.2 Å². The molecule has 1 N–H and O–H groups in total.